The van der Waals surface area contributed by atoms with Gasteiger partial charge in [0.05, 0.1) is 0 Å². The molecule has 0 amide bonds. The Labute approximate surface area is 216 Å². The summed E-state index contributed by atoms with van der Waals surface area (Å²) in [5.41, 5.74) is -2.27. The van der Waals surface area contributed by atoms with Gasteiger partial charge in [-0.2, -0.15) is 8.78 Å². The standard InChI is InChI=1S/C29H27F7O2/c1-2-3-8-27(17-6-4-5-7-17)37-19-9-11-21(23(31)15-19)18-13-25(33)28(26(34)14-18)29(35,36)38-20-10-12-22(30)24(32)16-20/h9-17,27H,2-8H2,1H3. The summed E-state index contributed by atoms with van der Waals surface area (Å²) in [5, 5.41) is 0. The van der Waals surface area contributed by atoms with E-state index in [0.29, 0.717) is 36.2 Å². The number of hydrogen-bond acceptors (Lipinski definition) is 2. The number of halogens is 7. The van der Waals surface area contributed by atoms with E-state index in [9.17, 15) is 26.3 Å². The van der Waals surface area contributed by atoms with Gasteiger partial charge in [0.2, 0.25) is 0 Å². The lowest BCUT2D eigenvalue weighted by Crippen LogP contribution is -2.25. The van der Waals surface area contributed by atoms with Crippen LogP contribution in [0.2, 0.25) is 0 Å². The van der Waals surface area contributed by atoms with Gasteiger partial charge in [-0.1, -0.05) is 32.6 Å². The van der Waals surface area contributed by atoms with Crippen molar-refractivity contribution in [3.05, 3.63) is 83.2 Å². The number of hydrogen-bond donors (Lipinski definition) is 0. The summed E-state index contributed by atoms with van der Waals surface area (Å²) < 4.78 is 110. The van der Waals surface area contributed by atoms with Crippen molar-refractivity contribution in [2.24, 2.45) is 5.92 Å². The molecule has 1 saturated carbocycles. The first-order valence-corrected chi connectivity index (χ1v) is 12.6. The van der Waals surface area contributed by atoms with Gasteiger partial charge in [-0.25, -0.2) is 22.0 Å². The van der Waals surface area contributed by atoms with Crippen LogP contribution in [-0.2, 0) is 6.11 Å². The predicted octanol–water partition coefficient (Wildman–Crippen LogP) is 9.31. The molecule has 1 atom stereocenters. The van der Waals surface area contributed by atoms with Crippen molar-refractivity contribution >= 4 is 0 Å². The van der Waals surface area contributed by atoms with Gasteiger partial charge in [-0.15, -0.1) is 0 Å². The van der Waals surface area contributed by atoms with Gasteiger partial charge in [0, 0.05) is 17.7 Å². The second-order valence-corrected chi connectivity index (χ2v) is 9.49. The van der Waals surface area contributed by atoms with E-state index >= 15 is 4.39 Å². The third kappa shape index (κ3) is 6.25. The molecule has 0 N–H and O–H groups in total. The SMILES string of the molecule is CCCCC(Oc1ccc(-c2cc(F)c(C(F)(F)Oc3ccc(F)c(F)c3)c(F)c2)c(F)c1)C1CCCC1. The maximum absolute atomic E-state index is 15.0. The number of unbranched alkanes of at least 4 members (excludes halogenated alkanes) is 1. The number of ether oxygens (including phenoxy) is 2. The van der Waals surface area contributed by atoms with Gasteiger partial charge in [0.25, 0.3) is 0 Å². The number of benzene rings is 3. The summed E-state index contributed by atoms with van der Waals surface area (Å²) >= 11 is 0. The summed E-state index contributed by atoms with van der Waals surface area (Å²) in [7, 11) is 0. The molecular formula is C29H27F7O2. The minimum absolute atomic E-state index is 0.0614. The molecule has 0 bridgehead atoms. The molecule has 1 aliphatic rings. The van der Waals surface area contributed by atoms with Crippen LogP contribution < -0.4 is 9.47 Å². The van der Waals surface area contributed by atoms with E-state index in [1.54, 1.807) is 0 Å². The normalized spacial score (nSPS) is 15.1. The van der Waals surface area contributed by atoms with Gasteiger partial charge in [0.15, 0.2) is 11.6 Å². The minimum Gasteiger partial charge on any atom is -0.490 e. The summed E-state index contributed by atoms with van der Waals surface area (Å²) in [6, 6.07) is 6.54. The van der Waals surface area contributed by atoms with Gasteiger partial charge in [0.1, 0.15) is 40.6 Å². The Morgan fingerprint density at radius 2 is 1.42 bits per heavy atom. The molecule has 0 spiro atoms. The maximum atomic E-state index is 15.0. The van der Waals surface area contributed by atoms with Crippen LogP contribution in [0.25, 0.3) is 11.1 Å². The lowest BCUT2D eigenvalue weighted by molar-refractivity contribution is -0.189. The molecular weight excluding hydrogens is 513 g/mol. The topological polar surface area (TPSA) is 18.5 Å². The van der Waals surface area contributed by atoms with Gasteiger partial charge in [-0.3, -0.25) is 0 Å². The maximum Gasteiger partial charge on any atom is 0.432 e. The zero-order valence-electron chi connectivity index (χ0n) is 20.7. The Morgan fingerprint density at radius 1 is 0.789 bits per heavy atom. The first-order chi connectivity index (χ1) is 18.1. The molecule has 1 fully saturated rings. The zero-order valence-corrected chi connectivity index (χ0v) is 20.7. The van der Waals surface area contributed by atoms with E-state index < -0.39 is 46.5 Å². The average molecular weight is 541 g/mol. The molecule has 0 saturated heterocycles. The van der Waals surface area contributed by atoms with Crippen molar-refractivity contribution in [1.29, 1.82) is 0 Å². The second-order valence-electron chi connectivity index (χ2n) is 9.49. The molecule has 0 aliphatic heterocycles. The van der Waals surface area contributed by atoms with Crippen LogP contribution in [0.1, 0.15) is 57.4 Å². The molecule has 0 aromatic heterocycles. The van der Waals surface area contributed by atoms with E-state index in [1.807, 2.05) is 0 Å². The van der Waals surface area contributed by atoms with E-state index in [4.69, 9.17) is 4.74 Å². The predicted molar refractivity (Wildman–Crippen MR) is 129 cm³/mol. The van der Waals surface area contributed by atoms with E-state index in [-0.39, 0.29) is 23.0 Å². The fraction of sp³-hybridized carbons (Fsp3) is 0.379. The quantitative estimate of drug-likeness (QED) is 0.239. The van der Waals surface area contributed by atoms with Crippen molar-refractivity contribution in [3.63, 3.8) is 0 Å². The molecule has 204 valence electrons. The Balaban J connectivity index is 1.56. The van der Waals surface area contributed by atoms with Gasteiger partial charge in [-0.05, 0) is 67.1 Å². The van der Waals surface area contributed by atoms with Crippen molar-refractivity contribution in [2.75, 3.05) is 0 Å². The van der Waals surface area contributed by atoms with Crippen molar-refractivity contribution in [3.8, 4) is 22.6 Å². The molecule has 9 heteroatoms. The Morgan fingerprint density at radius 3 is 2.03 bits per heavy atom. The zero-order chi connectivity index (χ0) is 27.4. The molecule has 1 aliphatic carbocycles. The van der Waals surface area contributed by atoms with Crippen molar-refractivity contribution in [1.82, 2.24) is 0 Å². The highest BCUT2D eigenvalue weighted by molar-refractivity contribution is 5.66. The monoisotopic (exact) mass is 540 g/mol. The van der Waals surface area contributed by atoms with Crippen LogP contribution in [0.4, 0.5) is 30.7 Å². The third-order valence-corrected chi connectivity index (χ3v) is 6.78. The fourth-order valence-corrected chi connectivity index (χ4v) is 4.85. The second kappa shape index (κ2) is 11.7. The molecule has 4 rings (SSSR count). The Bertz CT molecular complexity index is 1250. The van der Waals surface area contributed by atoms with Crippen LogP contribution in [0.5, 0.6) is 11.5 Å². The van der Waals surface area contributed by atoms with Gasteiger partial charge >= 0.3 is 6.11 Å². The van der Waals surface area contributed by atoms with E-state index in [0.717, 1.165) is 51.0 Å². The van der Waals surface area contributed by atoms with Crippen LogP contribution >= 0.6 is 0 Å². The lowest BCUT2D eigenvalue weighted by Gasteiger charge is -2.25. The summed E-state index contributed by atoms with van der Waals surface area (Å²) in [5.74, 6) is -7.19. The molecule has 3 aromatic carbocycles. The number of rotatable bonds is 10. The highest BCUT2D eigenvalue weighted by Crippen LogP contribution is 2.38. The largest absolute Gasteiger partial charge is 0.490 e. The fourth-order valence-electron chi connectivity index (χ4n) is 4.85. The van der Waals surface area contributed by atoms with E-state index in [1.165, 1.54) is 12.1 Å². The summed E-state index contributed by atoms with van der Waals surface area (Å²) in [6.07, 6.45) is 2.52. The van der Waals surface area contributed by atoms with Crippen molar-refractivity contribution < 1.29 is 40.2 Å². The Hall–Kier alpha value is -3.23. The van der Waals surface area contributed by atoms with Crippen molar-refractivity contribution in [2.45, 2.75) is 64.1 Å². The molecule has 0 heterocycles. The van der Waals surface area contributed by atoms with Crippen LogP contribution in [0.15, 0.2) is 48.5 Å². The van der Waals surface area contributed by atoms with Crippen LogP contribution in [0.3, 0.4) is 0 Å². The molecule has 0 radical (unpaired) electrons. The Kier molecular flexibility index (Phi) is 8.53. The molecule has 38 heavy (non-hydrogen) atoms. The van der Waals surface area contributed by atoms with Crippen LogP contribution in [-0.4, -0.2) is 6.10 Å². The molecule has 3 aromatic rings. The van der Waals surface area contributed by atoms with E-state index in [2.05, 4.69) is 11.7 Å². The highest BCUT2D eigenvalue weighted by atomic mass is 19.3. The molecule has 2 nitrogen and oxygen atoms in total. The molecule has 1 unspecified atom stereocenters. The lowest BCUT2D eigenvalue weighted by atomic mass is 9.96. The minimum atomic E-state index is -4.57. The first-order valence-electron chi connectivity index (χ1n) is 12.6. The number of alkyl halides is 2. The first kappa shape index (κ1) is 27.8. The van der Waals surface area contributed by atoms with Crippen LogP contribution in [0, 0.1) is 35.0 Å². The highest BCUT2D eigenvalue weighted by Gasteiger charge is 2.41. The average Bonchev–Trinajstić information content (AvgIpc) is 3.38. The van der Waals surface area contributed by atoms with Gasteiger partial charge < -0.3 is 9.47 Å². The summed E-state index contributed by atoms with van der Waals surface area (Å²) in [4.78, 5) is 0. The third-order valence-electron chi connectivity index (χ3n) is 6.78. The summed E-state index contributed by atoms with van der Waals surface area (Å²) in [6.45, 7) is 2.08. The smallest absolute Gasteiger partial charge is 0.432 e.